The molecule has 5 nitrogen and oxygen atoms in total. The average molecular weight is 337 g/mol. The van der Waals surface area contributed by atoms with Crippen LogP contribution < -0.4 is 16.0 Å². The van der Waals surface area contributed by atoms with Gasteiger partial charge in [0, 0.05) is 48.3 Å². The summed E-state index contributed by atoms with van der Waals surface area (Å²) in [7, 11) is 1.77. The molecule has 3 N–H and O–H groups in total. The number of hydrogen-bond donors (Lipinski definition) is 3. The Balaban J connectivity index is 1.61. The SMILES string of the molecule is CN=C(NCCCC(=O)NC1CC1)NC(C)Cc1ccc(C)s1. The number of aliphatic imine (C=N–C) groups is 1. The molecule has 2 rings (SSSR count). The Hall–Kier alpha value is -1.56. The minimum Gasteiger partial charge on any atom is -0.356 e. The highest BCUT2D eigenvalue weighted by Gasteiger charge is 2.22. The maximum atomic E-state index is 11.6. The zero-order chi connectivity index (χ0) is 16.7. The molecule has 0 bridgehead atoms. The molecule has 1 aromatic rings. The summed E-state index contributed by atoms with van der Waals surface area (Å²) in [5.74, 6) is 0.965. The van der Waals surface area contributed by atoms with E-state index < -0.39 is 0 Å². The number of carbonyl (C=O) groups is 1. The molecular formula is C17H28N4OS. The van der Waals surface area contributed by atoms with Gasteiger partial charge in [-0.15, -0.1) is 11.3 Å². The number of aryl methyl sites for hydroxylation is 1. The molecule has 1 heterocycles. The zero-order valence-corrected chi connectivity index (χ0v) is 15.1. The van der Waals surface area contributed by atoms with Gasteiger partial charge in [-0.1, -0.05) is 0 Å². The quantitative estimate of drug-likeness (QED) is 0.387. The molecule has 1 fully saturated rings. The van der Waals surface area contributed by atoms with E-state index in [-0.39, 0.29) is 5.91 Å². The third-order valence-corrected chi connectivity index (χ3v) is 4.75. The van der Waals surface area contributed by atoms with Gasteiger partial charge in [0.15, 0.2) is 5.96 Å². The molecule has 23 heavy (non-hydrogen) atoms. The molecule has 0 radical (unpaired) electrons. The van der Waals surface area contributed by atoms with Crippen molar-refractivity contribution in [1.82, 2.24) is 16.0 Å². The Labute approximate surface area is 143 Å². The van der Waals surface area contributed by atoms with E-state index >= 15 is 0 Å². The first-order valence-electron chi connectivity index (χ1n) is 8.38. The molecule has 1 saturated carbocycles. The molecule has 1 aliphatic rings. The summed E-state index contributed by atoms with van der Waals surface area (Å²) in [5, 5.41) is 9.68. The van der Waals surface area contributed by atoms with Crippen LogP contribution in [0.1, 0.15) is 42.4 Å². The first kappa shape index (κ1) is 17.8. The van der Waals surface area contributed by atoms with Gasteiger partial charge in [-0.3, -0.25) is 9.79 Å². The van der Waals surface area contributed by atoms with Crippen LogP contribution in [0, 0.1) is 6.92 Å². The standard InChI is InChI=1S/C17H28N4OS/c1-12(11-15-9-6-13(2)23-15)20-17(18-3)19-10-4-5-16(22)21-14-7-8-14/h6,9,12,14H,4-5,7-8,10-11H2,1-3H3,(H,21,22)(H2,18,19,20). The second-order valence-electron chi connectivity index (χ2n) is 6.21. The lowest BCUT2D eigenvalue weighted by molar-refractivity contribution is -0.121. The summed E-state index contributed by atoms with van der Waals surface area (Å²) in [6, 6.07) is 5.11. The number of amides is 1. The number of rotatable bonds is 8. The van der Waals surface area contributed by atoms with Crippen molar-refractivity contribution in [3.63, 3.8) is 0 Å². The highest BCUT2D eigenvalue weighted by molar-refractivity contribution is 7.11. The van der Waals surface area contributed by atoms with Crippen LogP contribution in [0.4, 0.5) is 0 Å². The summed E-state index contributed by atoms with van der Waals surface area (Å²) in [6.45, 7) is 5.04. The Morgan fingerprint density at radius 3 is 2.83 bits per heavy atom. The van der Waals surface area contributed by atoms with Crippen molar-refractivity contribution in [3.8, 4) is 0 Å². The van der Waals surface area contributed by atoms with Crippen molar-refractivity contribution in [3.05, 3.63) is 21.9 Å². The molecule has 0 aromatic carbocycles. The van der Waals surface area contributed by atoms with Crippen LogP contribution in [0.5, 0.6) is 0 Å². The first-order valence-corrected chi connectivity index (χ1v) is 9.20. The molecule has 0 spiro atoms. The summed E-state index contributed by atoms with van der Waals surface area (Å²) in [5.41, 5.74) is 0. The second kappa shape index (κ2) is 8.91. The van der Waals surface area contributed by atoms with Crippen molar-refractivity contribution >= 4 is 23.2 Å². The molecule has 128 valence electrons. The lowest BCUT2D eigenvalue weighted by Crippen LogP contribution is -2.43. The number of guanidine groups is 1. The molecule has 1 unspecified atom stereocenters. The Kier molecular flexibility index (Phi) is 6.89. The molecule has 6 heteroatoms. The maximum Gasteiger partial charge on any atom is 0.220 e. The highest BCUT2D eigenvalue weighted by Crippen LogP contribution is 2.18. The van der Waals surface area contributed by atoms with Crippen molar-refractivity contribution in [2.75, 3.05) is 13.6 Å². The van der Waals surface area contributed by atoms with Crippen LogP contribution >= 0.6 is 11.3 Å². The second-order valence-corrected chi connectivity index (χ2v) is 7.58. The fourth-order valence-corrected chi connectivity index (χ4v) is 3.38. The van der Waals surface area contributed by atoms with Crippen LogP contribution in [0.25, 0.3) is 0 Å². The van der Waals surface area contributed by atoms with E-state index in [2.05, 4.69) is 46.9 Å². The highest BCUT2D eigenvalue weighted by atomic mass is 32.1. The summed E-state index contributed by atoms with van der Waals surface area (Å²) >= 11 is 1.84. The number of hydrogen-bond acceptors (Lipinski definition) is 3. The van der Waals surface area contributed by atoms with Gasteiger partial charge in [0.05, 0.1) is 0 Å². The van der Waals surface area contributed by atoms with Crippen LogP contribution in [0.3, 0.4) is 0 Å². The Morgan fingerprint density at radius 1 is 1.43 bits per heavy atom. The molecule has 1 atom stereocenters. The molecule has 1 aromatic heterocycles. The smallest absolute Gasteiger partial charge is 0.220 e. The van der Waals surface area contributed by atoms with Crippen molar-refractivity contribution in [2.24, 2.45) is 4.99 Å². The predicted molar refractivity (Wildman–Crippen MR) is 97.1 cm³/mol. The van der Waals surface area contributed by atoms with E-state index in [1.807, 2.05) is 11.3 Å². The van der Waals surface area contributed by atoms with Gasteiger partial charge in [-0.25, -0.2) is 0 Å². The zero-order valence-electron chi connectivity index (χ0n) is 14.3. The van der Waals surface area contributed by atoms with E-state index in [1.165, 1.54) is 9.75 Å². The Bertz CT molecular complexity index is 536. The van der Waals surface area contributed by atoms with Crippen molar-refractivity contribution in [1.29, 1.82) is 0 Å². The largest absolute Gasteiger partial charge is 0.356 e. The van der Waals surface area contributed by atoms with Crippen molar-refractivity contribution in [2.45, 2.75) is 58.0 Å². The number of nitrogens with one attached hydrogen (secondary N) is 3. The van der Waals surface area contributed by atoms with Crippen LogP contribution in [-0.4, -0.2) is 37.5 Å². The fourth-order valence-electron chi connectivity index (χ4n) is 2.36. The fraction of sp³-hybridized carbons (Fsp3) is 0.647. The normalized spacial score (nSPS) is 16.0. The minimum absolute atomic E-state index is 0.165. The van der Waals surface area contributed by atoms with Gasteiger partial charge in [0.25, 0.3) is 0 Å². The van der Waals surface area contributed by atoms with Gasteiger partial charge >= 0.3 is 0 Å². The van der Waals surface area contributed by atoms with E-state index in [9.17, 15) is 4.79 Å². The van der Waals surface area contributed by atoms with Gasteiger partial charge in [0.2, 0.25) is 5.91 Å². The molecule has 0 saturated heterocycles. The molecule has 0 aliphatic heterocycles. The minimum atomic E-state index is 0.165. The molecular weight excluding hydrogens is 308 g/mol. The van der Waals surface area contributed by atoms with E-state index in [4.69, 9.17) is 0 Å². The van der Waals surface area contributed by atoms with Crippen LogP contribution in [0.2, 0.25) is 0 Å². The number of carbonyl (C=O) groups excluding carboxylic acids is 1. The number of nitrogens with zero attached hydrogens (tertiary/aromatic N) is 1. The average Bonchev–Trinajstić information content (AvgIpc) is 3.23. The van der Waals surface area contributed by atoms with E-state index in [0.29, 0.717) is 18.5 Å². The topological polar surface area (TPSA) is 65.5 Å². The molecule has 1 aliphatic carbocycles. The van der Waals surface area contributed by atoms with Crippen molar-refractivity contribution < 1.29 is 4.79 Å². The Morgan fingerprint density at radius 2 is 2.22 bits per heavy atom. The third kappa shape index (κ3) is 7.03. The van der Waals surface area contributed by atoms with Gasteiger partial charge in [-0.05, 0) is 45.2 Å². The first-order chi connectivity index (χ1) is 11.1. The summed E-state index contributed by atoms with van der Waals surface area (Å²) in [4.78, 5) is 18.6. The lowest BCUT2D eigenvalue weighted by Gasteiger charge is -2.17. The van der Waals surface area contributed by atoms with Gasteiger partial charge in [0.1, 0.15) is 0 Å². The predicted octanol–water partition coefficient (Wildman–Crippen LogP) is 2.21. The van der Waals surface area contributed by atoms with Crippen LogP contribution in [-0.2, 0) is 11.2 Å². The monoisotopic (exact) mass is 336 g/mol. The van der Waals surface area contributed by atoms with Gasteiger partial charge < -0.3 is 16.0 Å². The van der Waals surface area contributed by atoms with E-state index in [0.717, 1.165) is 38.2 Å². The maximum absolute atomic E-state index is 11.6. The van der Waals surface area contributed by atoms with Gasteiger partial charge in [-0.2, -0.15) is 0 Å². The van der Waals surface area contributed by atoms with Crippen LogP contribution in [0.15, 0.2) is 17.1 Å². The summed E-state index contributed by atoms with van der Waals surface area (Å²) < 4.78 is 0. The summed E-state index contributed by atoms with van der Waals surface area (Å²) in [6.07, 6.45) is 4.66. The molecule has 1 amide bonds. The third-order valence-electron chi connectivity index (χ3n) is 3.73. The van der Waals surface area contributed by atoms with E-state index in [1.54, 1.807) is 7.05 Å². The number of thiophene rings is 1. The lowest BCUT2D eigenvalue weighted by atomic mass is 10.2.